The first-order valence-corrected chi connectivity index (χ1v) is 8.85. The Morgan fingerprint density at radius 2 is 2.00 bits per heavy atom. The lowest BCUT2D eigenvalue weighted by Gasteiger charge is -2.39. The standard InChI is InChI=1S/C18H24ClNO3/c19-17-13(6-3-7-14(17)18(22)23)10-20-9-8-16(21)15(11-20)12-4-1-2-5-12/h3,6-7,12,15-16,21H,1-2,4-5,8-11H2,(H,22,23)/t15-,16+/m0/s1. The Hall–Kier alpha value is -1.10. The van der Waals surface area contributed by atoms with Crippen molar-refractivity contribution in [2.24, 2.45) is 11.8 Å². The molecule has 1 aliphatic heterocycles. The van der Waals surface area contributed by atoms with E-state index in [1.54, 1.807) is 6.07 Å². The van der Waals surface area contributed by atoms with E-state index in [0.29, 0.717) is 23.4 Å². The van der Waals surface area contributed by atoms with Crippen LogP contribution in [0.3, 0.4) is 0 Å². The Kier molecular flexibility index (Phi) is 5.24. The topological polar surface area (TPSA) is 60.8 Å². The summed E-state index contributed by atoms with van der Waals surface area (Å²) >= 11 is 6.26. The van der Waals surface area contributed by atoms with Crippen molar-refractivity contribution in [2.45, 2.75) is 44.8 Å². The van der Waals surface area contributed by atoms with Crippen LogP contribution in [0.5, 0.6) is 0 Å². The summed E-state index contributed by atoms with van der Waals surface area (Å²) in [5.74, 6) is -0.0175. The number of benzene rings is 1. The third kappa shape index (κ3) is 3.70. The van der Waals surface area contributed by atoms with E-state index in [4.69, 9.17) is 11.6 Å². The number of aliphatic hydroxyl groups is 1. The molecule has 2 atom stereocenters. The summed E-state index contributed by atoms with van der Waals surface area (Å²) in [6.45, 7) is 2.35. The van der Waals surface area contributed by atoms with Gasteiger partial charge in [0.15, 0.2) is 0 Å². The number of piperidine rings is 1. The van der Waals surface area contributed by atoms with Gasteiger partial charge in [0, 0.05) is 25.6 Å². The SMILES string of the molecule is O=C(O)c1cccc(CN2CC[C@@H](O)[C@H](C3CCCC3)C2)c1Cl. The van der Waals surface area contributed by atoms with Crippen molar-refractivity contribution < 1.29 is 15.0 Å². The zero-order valence-electron chi connectivity index (χ0n) is 13.2. The number of hydrogen-bond acceptors (Lipinski definition) is 3. The maximum Gasteiger partial charge on any atom is 0.337 e. The molecule has 23 heavy (non-hydrogen) atoms. The van der Waals surface area contributed by atoms with Crippen LogP contribution in [-0.4, -0.2) is 40.3 Å². The number of nitrogens with zero attached hydrogens (tertiary/aromatic N) is 1. The van der Waals surface area contributed by atoms with E-state index >= 15 is 0 Å². The number of likely N-dealkylation sites (tertiary alicyclic amines) is 1. The zero-order chi connectivity index (χ0) is 16.4. The van der Waals surface area contributed by atoms with E-state index in [1.807, 2.05) is 6.07 Å². The zero-order valence-corrected chi connectivity index (χ0v) is 14.0. The van der Waals surface area contributed by atoms with E-state index < -0.39 is 5.97 Å². The van der Waals surface area contributed by atoms with Crippen LogP contribution in [0.1, 0.15) is 48.0 Å². The molecule has 0 bridgehead atoms. The fourth-order valence-corrected chi connectivity index (χ4v) is 4.41. The number of carbonyl (C=O) groups is 1. The van der Waals surface area contributed by atoms with Crippen molar-refractivity contribution in [1.29, 1.82) is 0 Å². The van der Waals surface area contributed by atoms with Crippen molar-refractivity contribution in [3.8, 4) is 0 Å². The molecule has 1 saturated heterocycles. The maximum atomic E-state index is 11.2. The van der Waals surface area contributed by atoms with Gasteiger partial charge in [-0.15, -0.1) is 0 Å². The van der Waals surface area contributed by atoms with Crippen LogP contribution in [0.4, 0.5) is 0 Å². The van der Waals surface area contributed by atoms with Crippen molar-refractivity contribution >= 4 is 17.6 Å². The number of carboxylic acids is 1. The molecule has 1 heterocycles. The monoisotopic (exact) mass is 337 g/mol. The summed E-state index contributed by atoms with van der Waals surface area (Å²) in [4.78, 5) is 13.5. The molecule has 1 aliphatic carbocycles. The molecular weight excluding hydrogens is 314 g/mol. The largest absolute Gasteiger partial charge is 0.478 e. The first-order valence-electron chi connectivity index (χ1n) is 8.47. The van der Waals surface area contributed by atoms with Crippen LogP contribution in [0.25, 0.3) is 0 Å². The van der Waals surface area contributed by atoms with E-state index in [2.05, 4.69) is 4.90 Å². The third-order valence-corrected chi connectivity index (χ3v) is 5.86. The average Bonchev–Trinajstić information content (AvgIpc) is 3.05. The van der Waals surface area contributed by atoms with Gasteiger partial charge in [-0.25, -0.2) is 4.79 Å². The van der Waals surface area contributed by atoms with Gasteiger partial charge in [-0.05, 0) is 24.0 Å². The lowest BCUT2D eigenvalue weighted by Crippen LogP contribution is -2.45. The predicted molar refractivity (Wildman–Crippen MR) is 89.8 cm³/mol. The lowest BCUT2D eigenvalue weighted by molar-refractivity contribution is -0.00270. The van der Waals surface area contributed by atoms with Crippen molar-refractivity contribution in [2.75, 3.05) is 13.1 Å². The molecule has 1 saturated carbocycles. The van der Waals surface area contributed by atoms with E-state index in [1.165, 1.54) is 31.7 Å². The molecule has 2 N–H and O–H groups in total. The lowest BCUT2D eigenvalue weighted by atomic mass is 9.82. The highest BCUT2D eigenvalue weighted by atomic mass is 35.5. The molecule has 0 amide bonds. The molecule has 1 aromatic carbocycles. The summed E-state index contributed by atoms with van der Waals surface area (Å²) in [6, 6.07) is 5.18. The molecule has 2 fully saturated rings. The summed E-state index contributed by atoms with van der Waals surface area (Å²) in [6.07, 6.45) is 5.60. The maximum absolute atomic E-state index is 11.2. The van der Waals surface area contributed by atoms with Gasteiger partial charge in [0.2, 0.25) is 0 Å². The molecule has 0 unspecified atom stereocenters. The number of halogens is 1. The molecule has 126 valence electrons. The molecule has 4 nitrogen and oxygen atoms in total. The first-order chi connectivity index (χ1) is 11.1. The van der Waals surface area contributed by atoms with Crippen LogP contribution in [0.2, 0.25) is 5.02 Å². The highest BCUT2D eigenvalue weighted by Crippen LogP contribution is 2.36. The van der Waals surface area contributed by atoms with Crippen molar-refractivity contribution in [3.05, 3.63) is 34.3 Å². The second kappa shape index (κ2) is 7.20. The predicted octanol–water partition coefficient (Wildman–Crippen LogP) is 3.41. The van der Waals surface area contributed by atoms with Crippen molar-refractivity contribution in [3.63, 3.8) is 0 Å². The third-order valence-electron chi connectivity index (χ3n) is 5.41. The number of aromatic carboxylic acids is 1. The molecule has 0 radical (unpaired) electrons. The minimum absolute atomic E-state index is 0.161. The van der Waals surface area contributed by atoms with Crippen LogP contribution >= 0.6 is 11.6 Å². The molecular formula is C18H24ClNO3. The molecule has 5 heteroatoms. The summed E-state index contributed by atoms with van der Waals surface area (Å²) in [7, 11) is 0. The minimum Gasteiger partial charge on any atom is -0.478 e. The van der Waals surface area contributed by atoms with Crippen molar-refractivity contribution in [1.82, 2.24) is 4.90 Å². The average molecular weight is 338 g/mol. The fourth-order valence-electron chi connectivity index (χ4n) is 4.14. The van der Waals surface area contributed by atoms with Gasteiger partial charge in [-0.1, -0.05) is 49.4 Å². The second-order valence-corrected chi connectivity index (χ2v) is 7.26. The first kappa shape index (κ1) is 16.7. The van der Waals surface area contributed by atoms with Gasteiger partial charge in [0.05, 0.1) is 16.7 Å². The van der Waals surface area contributed by atoms with Gasteiger partial charge < -0.3 is 10.2 Å². The number of aliphatic hydroxyl groups excluding tert-OH is 1. The van der Waals surface area contributed by atoms with Crippen LogP contribution in [-0.2, 0) is 6.54 Å². The molecule has 0 spiro atoms. The molecule has 1 aromatic rings. The Balaban J connectivity index is 1.70. The quantitative estimate of drug-likeness (QED) is 0.884. The highest BCUT2D eigenvalue weighted by Gasteiger charge is 2.35. The molecule has 0 aromatic heterocycles. The van der Waals surface area contributed by atoms with Gasteiger partial charge in [-0.2, -0.15) is 0 Å². The second-order valence-electron chi connectivity index (χ2n) is 6.88. The highest BCUT2D eigenvalue weighted by molar-refractivity contribution is 6.34. The van der Waals surface area contributed by atoms with Crippen LogP contribution < -0.4 is 0 Å². The van der Waals surface area contributed by atoms with E-state index in [9.17, 15) is 15.0 Å². The Morgan fingerprint density at radius 3 is 2.70 bits per heavy atom. The van der Waals surface area contributed by atoms with Gasteiger partial charge in [0.1, 0.15) is 0 Å². The Bertz CT molecular complexity index is 571. The van der Waals surface area contributed by atoms with Gasteiger partial charge >= 0.3 is 5.97 Å². The summed E-state index contributed by atoms with van der Waals surface area (Å²) in [5, 5.41) is 19.9. The Labute approximate surface area is 142 Å². The summed E-state index contributed by atoms with van der Waals surface area (Å²) < 4.78 is 0. The number of hydrogen-bond donors (Lipinski definition) is 2. The fraction of sp³-hybridized carbons (Fsp3) is 0.611. The van der Waals surface area contributed by atoms with E-state index in [-0.39, 0.29) is 11.7 Å². The molecule has 2 aliphatic rings. The molecule has 3 rings (SSSR count). The van der Waals surface area contributed by atoms with Gasteiger partial charge in [-0.3, -0.25) is 4.90 Å². The minimum atomic E-state index is -0.991. The van der Waals surface area contributed by atoms with Crippen LogP contribution in [0, 0.1) is 11.8 Å². The van der Waals surface area contributed by atoms with Gasteiger partial charge in [0.25, 0.3) is 0 Å². The summed E-state index contributed by atoms with van der Waals surface area (Å²) in [5.41, 5.74) is 1.02. The normalized spacial score (nSPS) is 26.5. The number of rotatable bonds is 4. The van der Waals surface area contributed by atoms with Crippen LogP contribution in [0.15, 0.2) is 18.2 Å². The van der Waals surface area contributed by atoms with E-state index in [0.717, 1.165) is 25.1 Å². The smallest absolute Gasteiger partial charge is 0.337 e. The Morgan fingerprint density at radius 1 is 1.26 bits per heavy atom. The number of carboxylic acid groups (broad SMARTS) is 1.